The molecule has 2 heterocycles. The first-order valence-corrected chi connectivity index (χ1v) is 9.53. The van der Waals surface area contributed by atoms with Gasteiger partial charge in [-0.1, -0.05) is 18.6 Å². The molecule has 4 heteroatoms. The first-order valence-electron chi connectivity index (χ1n) is 9.53. The molecule has 0 bridgehead atoms. The standard InChI is InChI=1S/C21H30N2O2/c1-15-8-9-19-18(14-25-21(19)17(15)3)13-20(24)22-10-6-12-23-11-5-4-7-16(23)2/h8-9,14,16H,4-7,10-13H2,1-3H3,(H,22,24). The van der Waals surface area contributed by atoms with Crippen LogP contribution in [0.3, 0.4) is 0 Å². The van der Waals surface area contributed by atoms with Crippen molar-refractivity contribution in [1.29, 1.82) is 0 Å². The number of fused-ring (bicyclic) bond motifs is 1. The highest BCUT2D eigenvalue weighted by atomic mass is 16.3. The van der Waals surface area contributed by atoms with Crippen molar-refractivity contribution >= 4 is 16.9 Å². The number of likely N-dealkylation sites (tertiary alicyclic amines) is 1. The Labute approximate surface area is 150 Å². The van der Waals surface area contributed by atoms with Crippen LogP contribution in [0, 0.1) is 13.8 Å². The molecular weight excluding hydrogens is 312 g/mol. The van der Waals surface area contributed by atoms with E-state index < -0.39 is 0 Å². The maximum absolute atomic E-state index is 12.3. The van der Waals surface area contributed by atoms with E-state index in [0.717, 1.165) is 41.6 Å². The van der Waals surface area contributed by atoms with Crippen molar-refractivity contribution in [1.82, 2.24) is 10.2 Å². The predicted octanol–water partition coefficient (Wildman–Crippen LogP) is 3.97. The quantitative estimate of drug-likeness (QED) is 0.808. The lowest BCUT2D eigenvalue weighted by atomic mass is 10.0. The van der Waals surface area contributed by atoms with Crippen LogP contribution >= 0.6 is 0 Å². The summed E-state index contributed by atoms with van der Waals surface area (Å²) >= 11 is 0. The van der Waals surface area contributed by atoms with Crippen molar-refractivity contribution in [2.45, 2.75) is 58.9 Å². The first kappa shape index (κ1) is 18.0. The van der Waals surface area contributed by atoms with E-state index in [0.29, 0.717) is 12.5 Å². The lowest BCUT2D eigenvalue weighted by Crippen LogP contribution is -2.39. The molecule has 1 fully saturated rings. The highest BCUT2D eigenvalue weighted by Gasteiger charge is 2.17. The summed E-state index contributed by atoms with van der Waals surface area (Å²) in [6, 6.07) is 4.84. The zero-order chi connectivity index (χ0) is 17.8. The van der Waals surface area contributed by atoms with Gasteiger partial charge in [0.1, 0.15) is 5.58 Å². The molecule has 25 heavy (non-hydrogen) atoms. The van der Waals surface area contributed by atoms with E-state index >= 15 is 0 Å². The molecule has 1 aliphatic heterocycles. The fourth-order valence-electron chi connectivity index (χ4n) is 3.76. The number of piperidine rings is 1. The summed E-state index contributed by atoms with van der Waals surface area (Å²) in [5.41, 5.74) is 4.24. The van der Waals surface area contributed by atoms with Gasteiger partial charge in [-0.25, -0.2) is 0 Å². The Morgan fingerprint density at radius 1 is 1.32 bits per heavy atom. The number of hydrogen-bond acceptors (Lipinski definition) is 3. The fourth-order valence-corrected chi connectivity index (χ4v) is 3.76. The molecule has 1 aromatic carbocycles. The zero-order valence-electron chi connectivity index (χ0n) is 15.7. The maximum Gasteiger partial charge on any atom is 0.224 e. The molecule has 0 spiro atoms. The van der Waals surface area contributed by atoms with Gasteiger partial charge in [0.25, 0.3) is 0 Å². The molecule has 136 valence electrons. The van der Waals surface area contributed by atoms with E-state index in [4.69, 9.17) is 4.42 Å². The van der Waals surface area contributed by atoms with Gasteiger partial charge in [-0.15, -0.1) is 0 Å². The third kappa shape index (κ3) is 4.24. The van der Waals surface area contributed by atoms with Gasteiger partial charge in [0.05, 0.1) is 12.7 Å². The Morgan fingerprint density at radius 2 is 2.16 bits per heavy atom. The number of aryl methyl sites for hydroxylation is 2. The SMILES string of the molecule is Cc1ccc2c(CC(=O)NCCCN3CCCCC3C)coc2c1C. The van der Waals surface area contributed by atoms with Crippen molar-refractivity contribution in [2.24, 2.45) is 0 Å². The van der Waals surface area contributed by atoms with E-state index in [2.05, 4.69) is 43.1 Å². The van der Waals surface area contributed by atoms with E-state index in [9.17, 15) is 4.79 Å². The van der Waals surface area contributed by atoms with Gasteiger partial charge in [0.2, 0.25) is 5.91 Å². The molecule has 1 atom stereocenters. The van der Waals surface area contributed by atoms with Crippen LogP contribution in [0.2, 0.25) is 0 Å². The number of amides is 1. The fraction of sp³-hybridized carbons (Fsp3) is 0.571. The number of nitrogens with one attached hydrogen (secondary N) is 1. The van der Waals surface area contributed by atoms with Gasteiger partial charge in [0.15, 0.2) is 0 Å². The second-order valence-electron chi connectivity index (χ2n) is 7.41. The normalized spacial score (nSPS) is 18.6. The number of nitrogens with zero attached hydrogens (tertiary/aromatic N) is 1. The highest BCUT2D eigenvalue weighted by molar-refractivity contribution is 5.89. The van der Waals surface area contributed by atoms with Crippen LogP contribution in [0.5, 0.6) is 0 Å². The van der Waals surface area contributed by atoms with E-state index in [1.807, 2.05) is 0 Å². The molecule has 0 aliphatic carbocycles. The molecule has 1 saturated heterocycles. The average Bonchev–Trinajstić information content (AvgIpc) is 3.00. The molecule has 0 radical (unpaired) electrons. The summed E-state index contributed by atoms with van der Waals surface area (Å²) in [5.74, 6) is 0.0765. The molecule has 1 N–H and O–H groups in total. The number of carbonyl (C=O) groups is 1. The number of hydrogen-bond donors (Lipinski definition) is 1. The number of rotatable bonds is 6. The summed E-state index contributed by atoms with van der Waals surface area (Å²) in [4.78, 5) is 14.8. The van der Waals surface area contributed by atoms with Crippen LogP contribution in [0.15, 0.2) is 22.8 Å². The van der Waals surface area contributed by atoms with Crippen molar-refractivity contribution in [3.63, 3.8) is 0 Å². The summed E-state index contributed by atoms with van der Waals surface area (Å²) in [7, 11) is 0. The lowest BCUT2D eigenvalue weighted by Gasteiger charge is -2.33. The van der Waals surface area contributed by atoms with Gasteiger partial charge in [0, 0.05) is 30.1 Å². The Balaban J connectivity index is 1.47. The van der Waals surface area contributed by atoms with Gasteiger partial charge in [-0.05, 0) is 57.7 Å². The monoisotopic (exact) mass is 342 g/mol. The summed E-state index contributed by atoms with van der Waals surface area (Å²) in [6.45, 7) is 9.48. The number of benzene rings is 1. The third-order valence-electron chi connectivity index (χ3n) is 5.58. The summed E-state index contributed by atoms with van der Waals surface area (Å²) in [6.07, 6.45) is 7.09. The van der Waals surface area contributed by atoms with Gasteiger partial charge >= 0.3 is 0 Å². The molecule has 1 amide bonds. The molecular formula is C21H30N2O2. The largest absolute Gasteiger partial charge is 0.464 e. The minimum absolute atomic E-state index is 0.0765. The molecule has 4 nitrogen and oxygen atoms in total. The third-order valence-corrected chi connectivity index (χ3v) is 5.58. The zero-order valence-corrected chi connectivity index (χ0v) is 15.7. The van der Waals surface area contributed by atoms with Crippen LogP contribution < -0.4 is 5.32 Å². The molecule has 1 unspecified atom stereocenters. The summed E-state index contributed by atoms with van der Waals surface area (Å²) in [5, 5.41) is 4.11. The minimum atomic E-state index is 0.0765. The van der Waals surface area contributed by atoms with Crippen LogP contribution in [-0.4, -0.2) is 36.5 Å². The highest BCUT2D eigenvalue weighted by Crippen LogP contribution is 2.26. The van der Waals surface area contributed by atoms with E-state index in [1.165, 1.54) is 31.4 Å². The minimum Gasteiger partial charge on any atom is -0.464 e. The topological polar surface area (TPSA) is 45.5 Å². The predicted molar refractivity (Wildman–Crippen MR) is 102 cm³/mol. The average molecular weight is 342 g/mol. The molecule has 1 aromatic heterocycles. The molecule has 2 aromatic rings. The van der Waals surface area contributed by atoms with Gasteiger partial charge < -0.3 is 14.6 Å². The van der Waals surface area contributed by atoms with Crippen LogP contribution in [0.1, 0.15) is 49.3 Å². The molecule has 1 aliphatic rings. The van der Waals surface area contributed by atoms with Crippen molar-refractivity contribution < 1.29 is 9.21 Å². The second-order valence-corrected chi connectivity index (χ2v) is 7.41. The molecule has 0 saturated carbocycles. The number of carbonyl (C=O) groups excluding carboxylic acids is 1. The van der Waals surface area contributed by atoms with E-state index in [-0.39, 0.29) is 5.91 Å². The van der Waals surface area contributed by atoms with Crippen LogP contribution in [0.4, 0.5) is 0 Å². The Morgan fingerprint density at radius 3 is 2.96 bits per heavy atom. The van der Waals surface area contributed by atoms with Gasteiger partial charge in [-0.3, -0.25) is 4.79 Å². The first-order chi connectivity index (χ1) is 12.1. The van der Waals surface area contributed by atoms with Crippen molar-refractivity contribution in [3.8, 4) is 0 Å². The van der Waals surface area contributed by atoms with Crippen LogP contribution in [-0.2, 0) is 11.2 Å². The van der Waals surface area contributed by atoms with Crippen molar-refractivity contribution in [3.05, 3.63) is 35.1 Å². The second kappa shape index (κ2) is 8.05. The Bertz CT molecular complexity index is 735. The van der Waals surface area contributed by atoms with Crippen molar-refractivity contribution in [2.75, 3.05) is 19.6 Å². The number of furan rings is 1. The lowest BCUT2D eigenvalue weighted by molar-refractivity contribution is -0.120. The van der Waals surface area contributed by atoms with Crippen LogP contribution in [0.25, 0.3) is 11.0 Å². The molecule has 3 rings (SSSR count). The summed E-state index contributed by atoms with van der Waals surface area (Å²) < 4.78 is 5.69. The smallest absolute Gasteiger partial charge is 0.224 e. The van der Waals surface area contributed by atoms with E-state index in [1.54, 1.807) is 6.26 Å². The maximum atomic E-state index is 12.3. The Hall–Kier alpha value is -1.81. The Kier molecular flexibility index (Phi) is 5.79. The van der Waals surface area contributed by atoms with Gasteiger partial charge in [-0.2, -0.15) is 0 Å².